The van der Waals surface area contributed by atoms with Crippen LogP contribution in [0, 0.1) is 13.8 Å². The minimum Gasteiger partial charge on any atom is -0.508 e. The van der Waals surface area contributed by atoms with E-state index in [9.17, 15) is 10.2 Å². The van der Waals surface area contributed by atoms with Crippen LogP contribution in [0.15, 0.2) is 36.9 Å². The fourth-order valence-electron chi connectivity index (χ4n) is 2.82. The van der Waals surface area contributed by atoms with Crippen molar-refractivity contribution in [2.75, 3.05) is 0 Å². The van der Waals surface area contributed by atoms with Gasteiger partial charge in [-0.2, -0.15) is 0 Å². The molecule has 3 rings (SSSR count). The zero-order chi connectivity index (χ0) is 14.4. The van der Waals surface area contributed by atoms with Crippen LogP contribution >= 0.6 is 0 Å². The van der Waals surface area contributed by atoms with Gasteiger partial charge in [-0.3, -0.25) is 0 Å². The Morgan fingerprint density at radius 2 is 1.60 bits per heavy atom. The molecule has 0 heterocycles. The van der Waals surface area contributed by atoms with Crippen molar-refractivity contribution in [3.63, 3.8) is 0 Å². The standard InChI is InChI=1S/C18H16O2/c1-4-13-10(2)17(20)9-12-5-6-14-11(3)16(19)8-7-15(14)18(12)13/h4-9,19-20H,1H2,2-3H3. The van der Waals surface area contributed by atoms with Gasteiger partial charge in [0.1, 0.15) is 11.5 Å². The summed E-state index contributed by atoms with van der Waals surface area (Å²) in [5.41, 5.74) is 2.63. The highest BCUT2D eigenvalue weighted by molar-refractivity contribution is 6.13. The number of phenolic OH excluding ortho intramolecular Hbond substituents is 2. The molecule has 0 aromatic heterocycles. The lowest BCUT2D eigenvalue weighted by Gasteiger charge is -2.13. The molecule has 20 heavy (non-hydrogen) atoms. The van der Waals surface area contributed by atoms with E-state index in [1.165, 1.54) is 0 Å². The minimum absolute atomic E-state index is 0.280. The molecule has 2 heteroatoms. The van der Waals surface area contributed by atoms with Crippen molar-refractivity contribution in [1.82, 2.24) is 0 Å². The molecule has 0 spiro atoms. The molecule has 0 fully saturated rings. The Labute approximate surface area is 117 Å². The van der Waals surface area contributed by atoms with E-state index in [4.69, 9.17) is 0 Å². The summed E-state index contributed by atoms with van der Waals surface area (Å²) in [5, 5.41) is 24.0. The summed E-state index contributed by atoms with van der Waals surface area (Å²) in [5.74, 6) is 0.578. The van der Waals surface area contributed by atoms with Crippen molar-refractivity contribution >= 4 is 27.6 Å². The molecule has 0 atom stereocenters. The monoisotopic (exact) mass is 264 g/mol. The lowest BCUT2D eigenvalue weighted by molar-refractivity contribution is 0.471. The van der Waals surface area contributed by atoms with Crippen LogP contribution < -0.4 is 0 Å². The van der Waals surface area contributed by atoms with Crippen LogP contribution in [0.25, 0.3) is 27.6 Å². The second-order valence-corrected chi connectivity index (χ2v) is 5.11. The highest BCUT2D eigenvalue weighted by atomic mass is 16.3. The minimum atomic E-state index is 0.280. The number of phenols is 2. The van der Waals surface area contributed by atoms with Crippen molar-refractivity contribution < 1.29 is 10.2 Å². The number of benzene rings is 3. The van der Waals surface area contributed by atoms with E-state index in [-0.39, 0.29) is 5.75 Å². The van der Waals surface area contributed by atoms with Crippen molar-refractivity contribution in [1.29, 1.82) is 0 Å². The number of aromatic hydroxyl groups is 2. The van der Waals surface area contributed by atoms with Crippen LogP contribution in [0.2, 0.25) is 0 Å². The Morgan fingerprint density at radius 3 is 2.30 bits per heavy atom. The highest BCUT2D eigenvalue weighted by Gasteiger charge is 2.12. The first kappa shape index (κ1) is 12.5. The smallest absolute Gasteiger partial charge is 0.119 e. The molecule has 0 amide bonds. The van der Waals surface area contributed by atoms with Gasteiger partial charge in [0.05, 0.1) is 0 Å². The predicted molar refractivity (Wildman–Crippen MR) is 84.3 cm³/mol. The van der Waals surface area contributed by atoms with Crippen molar-refractivity contribution in [3.8, 4) is 11.5 Å². The lowest BCUT2D eigenvalue weighted by Crippen LogP contribution is -1.89. The van der Waals surface area contributed by atoms with Crippen LogP contribution in [0.1, 0.15) is 16.7 Å². The first-order chi connectivity index (χ1) is 9.54. The summed E-state index contributed by atoms with van der Waals surface area (Å²) in [7, 11) is 0. The second kappa shape index (κ2) is 4.27. The second-order valence-electron chi connectivity index (χ2n) is 5.11. The van der Waals surface area contributed by atoms with E-state index in [0.29, 0.717) is 5.75 Å². The molecule has 0 unspecified atom stereocenters. The normalized spacial score (nSPS) is 11.1. The molecule has 0 aliphatic carbocycles. The van der Waals surface area contributed by atoms with E-state index in [1.54, 1.807) is 18.2 Å². The molecular weight excluding hydrogens is 248 g/mol. The third-order valence-corrected chi connectivity index (χ3v) is 4.03. The first-order valence-corrected chi connectivity index (χ1v) is 6.54. The molecule has 100 valence electrons. The number of rotatable bonds is 1. The zero-order valence-corrected chi connectivity index (χ0v) is 11.6. The fraction of sp³-hybridized carbons (Fsp3) is 0.111. The van der Waals surface area contributed by atoms with Crippen LogP contribution in [-0.4, -0.2) is 10.2 Å². The summed E-state index contributed by atoms with van der Waals surface area (Å²) in [4.78, 5) is 0. The van der Waals surface area contributed by atoms with Gasteiger partial charge >= 0.3 is 0 Å². The quantitative estimate of drug-likeness (QED) is 0.627. The molecular formula is C18H16O2. The molecule has 0 aliphatic rings. The van der Waals surface area contributed by atoms with Crippen molar-refractivity contribution in [3.05, 3.63) is 53.6 Å². The van der Waals surface area contributed by atoms with Gasteiger partial charge in [-0.25, -0.2) is 0 Å². The van der Waals surface area contributed by atoms with Crippen LogP contribution in [0.4, 0.5) is 0 Å². The largest absolute Gasteiger partial charge is 0.508 e. The first-order valence-electron chi connectivity index (χ1n) is 6.54. The SMILES string of the molecule is C=Cc1c(C)c(O)cc2ccc3c(C)c(O)ccc3c12. The van der Waals surface area contributed by atoms with E-state index in [2.05, 4.69) is 6.58 Å². The Kier molecular flexibility index (Phi) is 2.68. The molecule has 0 radical (unpaired) electrons. The summed E-state index contributed by atoms with van der Waals surface area (Å²) >= 11 is 0. The van der Waals surface area contributed by atoms with Gasteiger partial charge in [0.2, 0.25) is 0 Å². The third-order valence-electron chi connectivity index (χ3n) is 4.03. The maximum absolute atomic E-state index is 10.0. The van der Waals surface area contributed by atoms with E-state index >= 15 is 0 Å². The van der Waals surface area contributed by atoms with Crippen molar-refractivity contribution in [2.24, 2.45) is 0 Å². The summed E-state index contributed by atoms with van der Waals surface area (Å²) in [6.07, 6.45) is 1.78. The van der Waals surface area contributed by atoms with Gasteiger partial charge in [0, 0.05) is 0 Å². The van der Waals surface area contributed by atoms with Crippen LogP contribution in [-0.2, 0) is 0 Å². The molecule has 0 aliphatic heterocycles. The van der Waals surface area contributed by atoms with Gasteiger partial charge in [-0.05, 0) is 64.2 Å². The van der Waals surface area contributed by atoms with Gasteiger partial charge in [-0.15, -0.1) is 0 Å². The Balaban J connectivity index is 2.63. The molecule has 0 saturated carbocycles. The number of hydrogen-bond donors (Lipinski definition) is 2. The lowest BCUT2D eigenvalue weighted by atomic mass is 9.92. The molecule has 0 bridgehead atoms. The maximum Gasteiger partial charge on any atom is 0.119 e. The number of hydrogen-bond acceptors (Lipinski definition) is 2. The number of fused-ring (bicyclic) bond motifs is 3. The van der Waals surface area contributed by atoms with Crippen molar-refractivity contribution in [2.45, 2.75) is 13.8 Å². The van der Waals surface area contributed by atoms with Gasteiger partial charge < -0.3 is 10.2 Å². The number of aryl methyl sites for hydroxylation is 1. The zero-order valence-electron chi connectivity index (χ0n) is 11.6. The fourth-order valence-corrected chi connectivity index (χ4v) is 2.82. The Hall–Kier alpha value is -2.48. The third kappa shape index (κ3) is 1.58. The highest BCUT2D eigenvalue weighted by Crippen LogP contribution is 2.37. The molecule has 3 aromatic carbocycles. The Morgan fingerprint density at radius 1 is 0.900 bits per heavy atom. The average molecular weight is 264 g/mol. The topological polar surface area (TPSA) is 40.5 Å². The molecule has 0 saturated heterocycles. The van der Waals surface area contributed by atoms with Gasteiger partial charge in [0.25, 0.3) is 0 Å². The van der Waals surface area contributed by atoms with E-state index in [1.807, 2.05) is 32.0 Å². The molecule has 2 N–H and O–H groups in total. The average Bonchev–Trinajstić information content (AvgIpc) is 2.44. The summed E-state index contributed by atoms with van der Waals surface area (Å²) in [6, 6.07) is 9.36. The maximum atomic E-state index is 10.0. The van der Waals surface area contributed by atoms with Gasteiger partial charge in [0.15, 0.2) is 0 Å². The summed E-state index contributed by atoms with van der Waals surface area (Å²) < 4.78 is 0. The summed E-state index contributed by atoms with van der Waals surface area (Å²) in [6.45, 7) is 7.66. The van der Waals surface area contributed by atoms with E-state index < -0.39 is 0 Å². The predicted octanol–water partition coefficient (Wildman–Crippen LogP) is 4.66. The van der Waals surface area contributed by atoms with Gasteiger partial charge in [-0.1, -0.05) is 30.9 Å². The van der Waals surface area contributed by atoms with Crippen LogP contribution in [0.3, 0.4) is 0 Å². The van der Waals surface area contributed by atoms with E-state index in [0.717, 1.165) is 38.2 Å². The molecule has 2 nitrogen and oxygen atoms in total. The molecule has 3 aromatic rings. The Bertz CT molecular complexity index is 861. The van der Waals surface area contributed by atoms with Crippen LogP contribution in [0.5, 0.6) is 11.5 Å².